The Bertz CT molecular complexity index is 455. The molecule has 0 saturated heterocycles. The number of benzene rings is 1. The number of nitrogens with one attached hydrogen (secondary N) is 1. The largest absolute Gasteiger partial charge is 0.398 e. The first-order chi connectivity index (χ1) is 8.56. The third-order valence-corrected chi connectivity index (χ3v) is 5.44. The molecule has 98 valence electrons. The van der Waals surface area contributed by atoms with Gasteiger partial charge in [-0.15, -0.1) is 0 Å². The van der Waals surface area contributed by atoms with Gasteiger partial charge in [0.2, 0.25) is 0 Å². The molecule has 1 saturated carbocycles. The molecule has 5 heteroatoms. The van der Waals surface area contributed by atoms with E-state index in [4.69, 9.17) is 5.73 Å². The van der Waals surface area contributed by atoms with Crippen LogP contribution >= 0.6 is 27.7 Å². The maximum Gasteiger partial charge on any atom is 0.253 e. The van der Waals surface area contributed by atoms with Crippen molar-refractivity contribution in [1.82, 2.24) is 5.32 Å². The fourth-order valence-corrected chi connectivity index (χ4v) is 3.36. The van der Waals surface area contributed by atoms with Crippen LogP contribution in [0.25, 0.3) is 0 Å². The molecule has 0 bridgehead atoms. The molecule has 0 aliphatic heterocycles. The number of hydrogen-bond donors (Lipinski definition) is 2. The Morgan fingerprint density at radius 3 is 2.83 bits per heavy atom. The highest BCUT2D eigenvalue weighted by Crippen LogP contribution is 2.42. The molecule has 0 radical (unpaired) electrons. The van der Waals surface area contributed by atoms with Crippen LogP contribution in [0.3, 0.4) is 0 Å². The highest BCUT2D eigenvalue weighted by molar-refractivity contribution is 9.10. The number of nitrogens with two attached hydrogens (primary N) is 1. The van der Waals surface area contributed by atoms with Crippen molar-refractivity contribution >= 4 is 39.3 Å². The van der Waals surface area contributed by atoms with Gasteiger partial charge in [0.15, 0.2) is 0 Å². The Kier molecular flexibility index (Phi) is 4.22. The van der Waals surface area contributed by atoms with Crippen molar-refractivity contribution in [1.29, 1.82) is 0 Å². The summed E-state index contributed by atoms with van der Waals surface area (Å²) in [6, 6.07) is 5.34. The molecule has 18 heavy (non-hydrogen) atoms. The first-order valence-electron chi connectivity index (χ1n) is 5.95. The zero-order valence-electron chi connectivity index (χ0n) is 10.3. The maximum absolute atomic E-state index is 12.1. The summed E-state index contributed by atoms with van der Waals surface area (Å²) < 4.78 is 1.11. The van der Waals surface area contributed by atoms with Crippen LogP contribution in [-0.4, -0.2) is 23.5 Å². The van der Waals surface area contributed by atoms with E-state index >= 15 is 0 Å². The first kappa shape index (κ1) is 13.7. The molecule has 3 nitrogen and oxygen atoms in total. The highest BCUT2D eigenvalue weighted by Gasteiger charge is 2.36. The lowest BCUT2D eigenvalue weighted by atomic mass is 9.84. The second-order valence-corrected chi connectivity index (χ2v) is 6.84. The SMILES string of the molecule is CSC1(CNC(=O)c2cc(Br)ccc2N)CCC1. The van der Waals surface area contributed by atoms with Gasteiger partial charge in [0.25, 0.3) is 5.91 Å². The summed E-state index contributed by atoms with van der Waals surface area (Å²) in [5, 5.41) is 3.00. The molecule has 0 atom stereocenters. The van der Waals surface area contributed by atoms with Gasteiger partial charge in [0.1, 0.15) is 0 Å². The Morgan fingerprint density at radius 1 is 1.56 bits per heavy atom. The molecule has 2 rings (SSSR count). The van der Waals surface area contributed by atoms with Gasteiger partial charge < -0.3 is 11.1 Å². The standard InChI is InChI=1S/C13H17BrN2OS/c1-18-13(5-2-6-13)8-16-12(17)10-7-9(14)3-4-11(10)15/h3-4,7H,2,5-6,8,15H2,1H3,(H,16,17). The number of thioether (sulfide) groups is 1. The highest BCUT2D eigenvalue weighted by atomic mass is 79.9. The molecular formula is C13H17BrN2OS. The molecule has 1 aliphatic carbocycles. The lowest BCUT2D eigenvalue weighted by Crippen LogP contribution is -2.45. The van der Waals surface area contributed by atoms with Crippen LogP contribution in [0.5, 0.6) is 0 Å². The van der Waals surface area contributed by atoms with Crippen LogP contribution in [0.4, 0.5) is 5.69 Å². The number of halogens is 1. The van der Waals surface area contributed by atoms with Gasteiger partial charge in [-0.05, 0) is 37.3 Å². The Balaban J connectivity index is 2.01. The van der Waals surface area contributed by atoms with E-state index in [0.717, 1.165) is 11.0 Å². The number of carbonyl (C=O) groups is 1. The molecule has 0 spiro atoms. The quantitative estimate of drug-likeness (QED) is 0.835. The Labute approximate surface area is 120 Å². The number of carbonyl (C=O) groups excluding carboxylic acids is 1. The number of nitrogen functional groups attached to an aromatic ring is 1. The molecule has 1 aromatic rings. The van der Waals surface area contributed by atoms with Gasteiger partial charge in [-0.1, -0.05) is 22.4 Å². The second kappa shape index (κ2) is 5.53. The Morgan fingerprint density at radius 2 is 2.28 bits per heavy atom. The Hall–Kier alpha value is -0.680. The van der Waals surface area contributed by atoms with E-state index in [1.54, 1.807) is 12.1 Å². The van der Waals surface area contributed by atoms with Crippen molar-refractivity contribution in [3.8, 4) is 0 Å². The van der Waals surface area contributed by atoms with E-state index in [9.17, 15) is 4.79 Å². The molecule has 1 amide bonds. The maximum atomic E-state index is 12.1. The fraction of sp³-hybridized carbons (Fsp3) is 0.462. The molecular weight excluding hydrogens is 312 g/mol. The second-order valence-electron chi connectivity index (χ2n) is 4.65. The van der Waals surface area contributed by atoms with E-state index in [-0.39, 0.29) is 10.7 Å². The van der Waals surface area contributed by atoms with E-state index in [1.165, 1.54) is 19.3 Å². The summed E-state index contributed by atoms with van der Waals surface area (Å²) in [6.45, 7) is 0.721. The first-order valence-corrected chi connectivity index (χ1v) is 7.96. The minimum Gasteiger partial charge on any atom is -0.398 e. The smallest absolute Gasteiger partial charge is 0.253 e. The zero-order chi connectivity index (χ0) is 13.2. The lowest BCUT2D eigenvalue weighted by molar-refractivity contribution is 0.0945. The average Bonchev–Trinajstić information content (AvgIpc) is 2.31. The van der Waals surface area contributed by atoms with Gasteiger partial charge >= 0.3 is 0 Å². The molecule has 0 heterocycles. The van der Waals surface area contributed by atoms with Crippen LogP contribution in [-0.2, 0) is 0 Å². The normalized spacial score (nSPS) is 17.0. The van der Waals surface area contributed by atoms with E-state index in [0.29, 0.717) is 11.3 Å². The summed E-state index contributed by atoms with van der Waals surface area (Å²) in [5.74, 6) is -0.0888. The van der Waals surface area contributed by atoms with Crippen LogP contribution in [0, 0.1) is 0 Å². The van der Waals surface area contributed by atoms with Crippen LogP contribution in [0.2, 0.25) is 0 Å². The third-order valence-electron chi connectivity index (χ3n) is 3.53. The number of amides is 1. The number of hydrogen-bond acceptors (Lipinski definition) is 3. The molecule has 1 aliphatic rings. The van der Waals surface area contributed by atoms with Gasteiger partial charge in [-0.2, -0.15) is 11.8 Å². The van der Waals surface area contributed by atoms with Crippen LogP contribution < -0.4 is 11.1 Å². The minimum atomic E-state index is -0.0888. The monoisotopic (exact) mass is 328 g/mol. The number of rotatable bonds is 4. The van der Waals surface area contributed by atoms with E-state index < -0.39 is 0 Å². The minimum absolute atomic E-state index is 0.0888. The van der Waals surface area contributed by atoms with Crippen LogP contribution in [0.15, 0.2) is 22.7 Å². The number of anilines is 1. The van der Waals surface area contributed by atoms with E-state index in [2.05, 4.69) is 27.5 Å². The molecule has 0 unspecified atom stereocenters. The summed E-state index contributed by atoms with van der Waals surface area (Å²) in [6.07, 6.45) is 5.74. The van der Waals surface area contributed by atoms with Crippen molar-refractivity contribution in [3.05, 3.63) is 28.2 Å². The summed E-state index contributed by atoms with van der Waals surface area (Å²) >= 11 is 5.20. The zero-order valence-corrected chi connectivity index (χ0v) is 12.7. The predicted molar refractivity (Wildman–Crippen MR) is 81.0 cm³/mol. The van der Waals surface area contributed by atoms with Gasteiger partial charge in [-0.3, -0.25) is 4.79 Å². The average molecular weight is 329 g/mol. The summed E-state index contributed by atoms with van der Waals surface area (Å²) in [7, 11) is 0. The fourth-order valence-electron chi connectivity index (χ4n) is 2.09. The van der Waals surface area contributed by atoms with Crippen molar-refractivity contribution in [3.63, 3.8) is 0 Å². The topological polar surface area (TPSA) is 55.1 Å². The third kappa shape index (κ3) is 2.83. The predicted octanol–water partition coefficient (Wildman–Crippen LogP) is 3.05. The van der Waals surface area contributed by atoms with Crippen molar-refractivity contribution in [2.45, 2.75) is 24.0 Å². The van der Waals surface area contributed by atoms with Gasteiger partial charge in [0, 0.05) is 21.5 Å². The molecule has 0 aromatic heterocycles. The van der Waals surface area contributed by atoms with Gasteiger partial charge in [-0.25, -0.2) is 0 Å². The van der Waals surface area contributed by atoms with Crippen molar-refractivity contribution in [2.24, 2.45) is 0 Å². The molecule has 3 N–H and O–H groups in total. The lowest BCUT2D eigenvalue weighted by Gasteiger charge is -2.40. The molecule has 1 aromatic carbocycles. The summed E-state index contributed by atoms with van der Waals surface area (Å²) in [4.78, 5) is 12.1. The van der Waals surface area contributed by atoms with Crippen LogP contribution in [0.1, 0.15) is 29.6 Å². The molecule has 1 fully saturated rings. The summed E-state index contributed by atoms with van der Waals surface area (Å²) in [5.41, 5.74) is 6.88. The van der Waals surface area contributed by atoms with Crippen molar-refractivity contribution in [2.75, 3.05) is 18.5 Å². The van der Waals surface area contributed by atoms with Crippen molar-refractivity contribution < 1.29 is 4.79 Å². The van der Waals surface area contributed by atoms with Gasteiger partial charge in [0.05, 0.1) is 5.56 Å². The van der Waals surface area contributed by atoms with E-state index in [1.807, 2.05) is 17.8 Å².